The molecule has 0 unspecified atom stereocenters. The van der Waals surface area contributed by atoms with Crippen molar-refractivity contribution in [2.24, 2.45) is 0 Å². The van der Waals surface area contributed by atoms with Crippen LogP contribution in [0.15, 0.2) is 36.4 Å². The van der Waals surface area contributed by atoms with E-state index in [1.807, 2.05) is 6.07 Å². The number of carbonyl (C=O) groups excluding carboxylic acids is 1. The average Bonchev–Trinajstić information content (AvgIpc) is 2.65. The summed E-state index contributed by atoms with van der Waals surface area (Å²) in [6.45, 7) is 1.38. The van der Waals surface area contributed by atoms with Gasteiger partial charge in [0, 0.05) is 24.5 Å². The van der Waals surface area contributed by atoms with E-state index in [9.17, 15) is 18.0 Å². The fourth-order valence-corrected chi connectivity index (χ4v) is 2.90. The molecule has 1 aliphatic rings. The zero-order valence-electron chi connectivity index (χ0n) is 14.7. The van der Waals surface area contributed by atoms with E-state index in [1.54, 1.807) is 0 Å². The van der Waals surface area contributed by atoms with Gasteiger partial charge in [-0.15, -0.1) is 0 Å². The van der Waals surface area contributed by atoms with E-state index in [4.69, 9.17) is 0 Å². The number of pyridine rings is 1. The second-order valence-corrected chi connectivity index (χ2v) is 6.40. The summed E-state index contributed by atoms with van der Waals surface area (Å²) in [4.78, 5) is 16.4. The average molecular weight is 378 g/mol. The third-order valence-electron chi connectivity index (χ3n) is 4.32. The molecule has 0 bridgehead atoms. The molecule has 3 rings (SSSR count). The number of nitrogens with zero attached hydrogens (tertiary/aromatic N) is 1. The maximum absolute atomic E-state index is 12.5. The molecule has 0 saturated heterocycles. The van der Waals surface area contributed by atoms with Crippen LogP contribution in [-0.4, -0.2) is 24.1 Å². The highest BCUT2D eigenvalue weighted by atomic mass is 19.4. The molecule has 27 heavy (non-hydrogen) atoms. The number of hydrogen-bond donors (Lipinski definition) is 3. The van der Waals surface area contributed by atoms with Gasteiger partial charge in [0.15, 0.2) is 0 Å². The lowest BCUT2D eigenvalue weighted by atomic mass is 10.1. The summed E-state index contributed by atoms with van der Waals surface area (Å²) < 4.78 is 37.5. The first-order valence-electron chi connectivity index (χ1n) is 8.86. The molecule has 5 nitrogen and oxygen atoms in total. The summed E-state index contributed by atoms with van der Waals surface area (Å²) in [5.74, 6) is 0.951. The van der Waals surface area contributed by atoms with Gasteiger partial charge in [-0.3, -0.25) is 0 Å². The zero-order valence-corrected chi connectivity index (χ0v) is 14.7. The van der Waals surface area contributed by atoms with Gasteiger partial charge in [-0.05, 0) is 61.6 Å². The molecule has 0 saturated carbocycles. The SMILES string of the molecule is O=C(NCCCc1ccc2c(n1)NCCC2)Nc1ccc(C(F)(F)F)cc1. The molecule has 2 aromatic rings. The molecule has 1 aromatic heterocycles. The van der Waals surface area contributed by atoms with Crippen molar-refractivity contribution in [2.45, 2.75) is 31.9 Å². The highest BCUT2D eigenvalue weighted by molar-refractivity contribution is 5.89. The highest BCUT2D eigenvalue weighted by Crippen LogP contribution is 2.29. The fraction of sp³-hybridized carbons (Fsp3) is 0.368. The van der Waals surface area contributed by atoms with Crippen molar-refractivity contribution >= 4 is 17.5 Å². The van der Waals surface area contributed by atoms with Gasteiger partial charge in [0.05, 0.1) is 5.56 Å². The second kappa shape index (κ2) is 8.28. The molecule has 8 heteroatoms. The summed E-state index contributed by atoms with van der Waals surface area (Å²) in [5, 5.41) is 8.50. The fourth-order valence-electron chi connectivity index (χ4n) is 2.90. The molecular weight excluding hydrogens is 357 g/mol. The molecule has 2 heterocycles. The van der Waals surface area contributed by atoms with Gasteiger partial charge >= 0.3 is 12.2 Å². The largest absolute Gasteiger partial charge is 0.416 e. The lowest BCUT2D eigenvalue weighted by molar-refractivity contribution is -0.137. The number of carbonyl (C=O) groups is 1. The summed E-state index contributed by atoms with van der Waals surface area (Å²) in [7, 11) is 0. The Bertz CT molecular complexity index is 791. The lowest BCUT2D eigenvalue weighted by Crippen LogP contribution is -2.29. The molecule has 144 valence electrons. The molecule has 0 radical (unpaired) electrons. The van der Waals surface area contributed by atoms with E-state index in [-0.39, 0.29) is 0 Å². The number of benzene rings is 1. The predicted octanol–water partition coefficient (Wildman–Crippen LogP) is 4.21. The van der Waals surface area contributed by atoms with Crippen molar-refractivity contribution in [1.29, 1.82) is 0 Å². The number of anilines is 2. The highest BCUT2D eigenvalue weighted by Gasteiger charge is 2.29. The molecule has 0 spiro atoms. The van der Waals surface area contributed by atoms with Crippen LogP contribution in [0.4, 0.5) is 29.5 Å². The Morgan fingerprint density at radius 1 is 1.15 bits per heavy atom. The normalized spacial score (nSPS) is 13.4. The van der Waals surface area contributed by atoms with Crippen LogP contribution in [0.25, 0.3) is 0 Å². The predicted molar refractivity (Wildman–Crippen MR) is 97.8 cm³/mol. The monoisotopic (exact) mass is 378 g/mol. The molecule has 0 fully saturated rings. The number of urea groups is 1. The van der Waals surface area contributed by atoms with Gasteiger partial charge in [-0.1, -0.05) is 6.07 Å². The van der Waals surface area contributed by atoms with Gasteiger partial charge < -0.3 is 16.0 Å². The van der Waals surface area contributed by atoms with Crippen molar-refractivity contribution in [1.82, 2.24) is 10.3 Å². The Morgan fingerprint density at radius 3 is 2.67 bits per heavy atom. The number of amides is 2. The van der Waals surface area contributed by atoms with Crippen LogP contribution in [-0.2, 0) is 19.0 Å². The maximum atomic E-state index is 12.5. The Hall–Kier alpha value is -2.77. The first-order chi connectivity index (χ1) is 12.9. The van der Waals surface area contributed by atoms with Crippen LogP contribution in [0.3, 0.4) is 0 Å². The molecule has 1 aliphatic heterocycles. The minimum atomic E-state index is -4.39. The van der Waals surface area contributed by atoms with Crippen molar-refractivity contribution in [3.8, 4) is 0 Å². The quantitative estimate of drug-likeness (QED) is 0.683. The van der Waals surface area contributed by atoms with E-state index < -0.39 is 17.8 Å². The van der Waals surface area contributed by atoms with Gasteiger partial charge in [0.25, 0.3) is 0 Å². The van der Waals surface area contributed by atoms with Gasteiger partial charge in [0.1, 0.15) is 5.82 Å². The van der Waals surface area contributed by atoms with E-state index in [0.29, 0.717) is 18.7 Å². The Morgan fingerprint density at radius 2 is 1.93 bits per heavy atom. The standard InChI is InChI=1S/C19H21F3N4O/c20-19(21,22)14-6-9-16(10-7-14)26-18(27)24-12-2-4-15-8-5-13-3-1-11-23-17(13)25-15/h5-10H,1-4,11-12H2,(H,23,25)(H2,24,26,27). The van der Waals surface area contributed by atoms with Crippen LogP contribution >= 0.6 is 0 Å². The molecule has 3 N–H and O–H groups in total. The molecule has 0 atom stereocenters. The second-order valence-electron chi connectivity index (χ2n) is 6.40. The minimum absolute atomic E-state index is 0.308. The summed E-state index contributed by atoms with van der Waals surface area (Å²) in [6.07, 6.45) is -0.782. The third-order valence-corrected chi connectivity index (χ3v) is 4.32. The van der Waals surface area contributed by atoms with E-state index in [2.05, 4.69) is 27.0 Å². The van der Waals surface area contributed by atoms with Crippen LogP contribution in [0.2, 0.25) is 0 Å². The first kappa shape index (κ1) is 19.0. The number of halogens is 3. The van der Waals surface area contributed by atoms with Crippen LogP contribution < -0.4 is 16.0 Å². The number of aromatic nitrogens is 1. The Balaban J connectivity index is 1.41. The number of aryl methyl sites for hydroxylation is 2. The number of rotatable bonds is 5. The zero-order chi connectivity index (χ0) is 19.3. The topological polar surface area (TPSA) is 66.0 Å². The van der Waals surface area contributed by atoms with Gasteiger partial charge in [-0.25, -0.2) is 9.78 Å². The molecular formula is C19H21F3N4O. The smallest absolute Gasteiger partial charge is 0.370 e. The number of hydrogen-bond acceptors (Lipinski definition) is 3. The summed E-state index contributed by atoms with van der Waals surface area (Å²) in [5.41, 5.74) is 1.76. The van der Waals surface area contributed by atoms with Crippen molar-refractivity contribution in [2.75, 3.05) is 23.7 Å². The number of fused-ring (bicyclic) bond motifs is 1. The summed E-state index contributed by atoms with van der Waals surface area (Å²) in [6, 6.07) is 7.98. The van der Waals surface area contributed by atoms with Gasteiger partial charge in [0.2, 0.25) is 0 Å². The maximum Gasteiger partial charge on any atom is 0.416 e. The molecule has 1 aromatic carbocycles. The van der Waals surface area contributed by atoms with Gasteiger partial charge in [-0.2, -0.15) is 13.2 Å². The number of nitrogens with one attached hydrogen (secondary N) is 3. The molecule has 2 amide bonds. The van der Waals surface area contributed by atoms with Crippen LogP contribution in [0.5, 0.6) is 0 Å². The Labute approximate surface area is 155 Å². The summed E-state index contributed by atoms with van der Waals surface area (Å²) >= 11 is 0. The first-order valence-corrected chi connectivity index (χ1v) is 8.86. The minimum Gasteiger partial charge on any atom is -0.370 e. The van der Waals surface area contributed by atoms with E-state index in [0.717, 1.165) is 49.5 Å². The number of alkyl halides is 3. The van der Waals surface area contributed by atoms with Crippen LogP contribution in [0, 0.1) is 0 Å². The van der Waals surface area contributed by atoms with Crippen molar-refractivity contribution in [3.63, 3.8) is 0 Å². The van der Waals surface area contributed by atoms with E-state index in [1.165, 1.54) is 17.7 Å². The van der Waals surface area contributed by atoms with Crippen molar-refractivity contribution in [3.05, 3.63) is 53.2 Å². The Kier molecular flexibility index (Phi) is 5.83. The van der Waals surface area contributed by atoms with Crippen molar-refractivity contribution < 1.29 is 18.0 Å². The molecule has 0 aliphatic carbocycles. The van der Waals surface area contributed by atoms with Crippen LogP contribution in [0.1, 0.15) is 29.7 Å². The third kappa shape index (κ3) is 5.35. The lowest BCUT2D eigenvalue weighted by Gasteiger charge is -2.17. The van der Waals surface area contributed by atoms with E-state index >= 15 is 0 Å².